The molecule has 1 saturated heterocycles. The molecule has 28 heavy (non-hydrogen) atoms. The van der Waals surface area contributed by atoms with Crippen molar-refractivity contribution in [3.05, 3.63) is 63.9 Å². The van der Waals surface area contributed by atoms with E-state index in [1.54, 1.807) is 12.1 Å². The van der Waals surface area contributed by atoms with Gasteiger partial charge < -0.3 is 15.1 Å². The van der Waals surface area contributed by atoms with E-state index in [9.17, 15) is 4.39 Å². The third-order valence-corrected chi connectivity index (χ3v) is 4.74. The number of aliphatic carboxylic acids is 2. The molecule has 1 aliphatic heterocycles. The van der Waals surface area contributed by atoms with Gasteiger partial charge in [0.15, 0.2) is 0 Å². The van der Waals surface area contributed by atoms with Gasteiger partial charge in [0, 0.05) is 42.8 Å². The lowest BCUT2D eigenvalue weighted by atomic mass is 10.2. The summed E-state index contributed by atoms with van der Waals surface area (Å²) < 4.78 is 13.8. The van der Waals surface area contributed by atoms with Gasteiger partial charge in [-0.2, -0.15) is 0 Å². The van der Waals surface area contributed by atoms with Gasteiger partial charge in [0.25, 0.3) is 0 Å². The molecule has 2 aromatic carbocycles. The van der Waals surface area contributed by atoms with E-state index in [2.05, 4.69) is 9.80 Å². The SMILES string of the molecule is Fc1ccccc1N1CCN(Cc2ccc(Cl)cc2Cl)CC1.O=C(O)C(=O)O. The molecule has 3 rings (SSSR count). The van der Waals surface area contributed by atoms with Crippen molar-refractivity contribution in [1.29, 1.82) is 0 Å². The van der Waals surface area contributed by atoms with Crippen molar-refractivity contribution >= 4 is 40.8 Å². The lowest BCUT2D eigenvalue weighted by Crippen LogP contribution is -2.46. The molecule has 1 aliphatic rings. The van der Waals surface area contributed by atoms with Crippen molar-refractivity contribution in [2.24, 2.45) is 0 Å². The molecule has 0 aliphatic carbocycles. The maximum atomic E-state index is 13.8. The largest absolute Gasteiger partial charge is 0.473 e. The number of benzene rings is 2. The van der Waals surface area contributed by atoms with Crippen molar-refractivity contribution in [3.63, 3.8) is 0 Å². The Morgan fingerprint density at radius 1 is 0.964 bits per heavy atom. The molecule has 1 fully saturated rings. The number of carbonyl (C=O) groups is 2. The smallest absolute Gasteiger partial charge is 0.414 e. The first-order valence-corrected chi connectivity index (χ1v) is 9.15. The summed E-state index contributed by atoms with van der Waals surface area (Å²) in [5.74, 6) is -3.80. The second-order valence-corrected chi connectivity index (χ2v) is 6.90. The zero-order chi connectivity index (χ0) is 20.7. The van der Waals surface area contributed by atoms with Crippen LogP contribution in [-0.2, 0) is 16.1 Å². The number of anilines is 1. The maximum absolute atomic E-state index is 13.8. The first kappa shape index (κ1) is 21.9. The number of nitrogens with zero attached hydrogens (tertiary/aromatic N) is 2. The Balaban J connectivity index is 0.000000409. The molecular weight excluding hydrogens is 410 g/mol. The second-order valence-electron chi connectivity index (χ2n) is 6.06. The van der Waals surface area contributed by atoms with E-state index in [4.69, 9.17) is 43.0 Å². The Kier molecular flexibility index (Phi) is 8.04. The minimum Gasteiger partial charge on any atom is -0.473 e. The third-order valence-electron chi connectivity index (χ3n) is 4.16. The van der Waals surface area contributed by atoms with Crippen LogP contribution in [0.25, 0.3) is 0 Å². The molecule has 2 aromatic rings. The molecule has 0 bridgehead atoms. The molecule has 1 heterocycles. The molecule has 0 amide bonds. The van der Waals surface area contributed by atoms with Crippen LogP contribution in [0.5, 0.6) is 0 Å². The molecule has 0 spiro atoms. The zero-order valence-electron chi connectivity index (χ0n) is 14.8. The zero-order valence-corrected chi connectivity index (χ0v) is 16.3. The van der Waals surface area contributed by atoms with E-state index in [0.29, 0.717) is 15.7 Å². The van der Waals surface area contributed by atoms with Gasteiger partial charge in [-0.3, -0.25) is 4.90 Å². The summed E-state index contributed by atoms with van der Waals surface area (Å²) in [4.78, 5) is 22.6. The summed E-state index contributed by atoms with van der Waals surface area (Å²) in [7, 11) is 0. The fourth-order valence-electron chi connectivity index (χ4n) is 2.75. The van der Waals surface area contributed by atoms with E-state index < -0.39 is 11.9 Å². The normalized spacial score (nSPS) is 14.2. The van der Waals surface area contributed by atoms with Crippen LogP contribution in [0.1, 0.15) is 5.56 Å². The van der Waals surface area contributed by atoms with Crippen LogP contribution < -0.4 is 4.90 Å². The van der Waals surface area contributed by atoms with Crippen molar-refractivity contribution in [3.8, 4) is 0 Å². The first-order valence-electron chi connectivity index (χ1n) is 8.40. The number of halogens is 3. The molecule has 0 radical (unpaired) electrons. The van der Waals surface area contributed by atoms with Crippen LogP contribution in [0.2, 0.25) is 10.0 Å². The summed E-state index contributed by atoms with van der Waals surface area (Å²) in [5, 5.41) is 16.1. The van der Waals surface area contributed by atoms with Crippen molar-refractivity contribution in [1.82, 2.24) is 4.90 Å². The minimum absolute atomic E-state index is 0.156. The highest BCUT2D eigenvalue weighted by atomic mass is 35.5. The molecule has 0 aromatic heterocycles. The van der Waals surface area contributed by atoms with Gasteiger partial charge in [0.05, 0.1) is 5.69 Å². The molecule has 9 heteroatoms. The van der Waals surface area contributed by atoms with Gasteiger partial charge in [-0.05, 0) is 29.8 Å². The average molecular weight is 429 g/mol. The average Bonchev–Trinajstić information content (AvgIpc) is 2.65. The van der Waals surface area contributed by atoms with E-state index in [1.165, 1.54) is 6.07 Å². The summed E-state index contributed by atoms with van der Waals surface area (Å²) in [5.41, 5.74) is 1.76. The Bertz CT molecular complexity index is 830. The lowest BCUT2D eigenvalue weighted by Gasteiger charge is -2.36. The molecule has 0 unspecified atom stereocenters. The van der Waals surface area contributed by atoms with Crippen LogP contribution in [0, 0.1) is 5.82 Å². The standard InChI is InChI=1S/C17H17Cl2FN2.C2H2O4/c18-14-6-5-13(15(19)11-14)12-21-7-9-22(10-8-21)17-4-2-1-3-16(17)20;3-1(4)2(5)6/h1-6,11H,7-10,12H2;(H,3,4)(H,5,6). The maximum Gasteiger partial charge on any atom is 0.414 e. The highest BCUT2D eigenvalue weighted by Gasteiger charge is 2.19. The number of rotatable bonds is 3. The van der Waals surface area contributed by atoms with Crippen LogP contribution in [-0.4, -0.2) is 53.2 Å². The molecular formula is C19H19Cl2FN2O4. The summed E-state index contributed by atoms with van der Waals surface area (Å²) in [6.07, 6.45) is 0. The number of piperazine rings is 1. The molecule has 2 N–H and O–H groups in total. The molecule has 150 valence electrons. The molecule has 0 saturated carbocycles. The Labute approximate surface area is 171 Å². The quantitative estimate of drug-likeness (QED) is 0.726. The second kappa shape index (κ2) is 10.3. The van der Waals surface area contributed by atoms with E-state index >= 15 is 0 Å². The number of hydrogen-bond donors (Lipinski definition) is 2. The Morgan fingerprint density at radius 3 is 2.11 bits per heavy atom. The van der Waals surface area contributed by atoms with Gasteiger partial charge in [0.1, 0.15) is 5.82 Å². The highest BCUT2D eigenvalue weighted by Crippen LogP contribution is 2.24. The molecule has 6 nitrogen and oxygen atoms in total. The van der Waals surface area contributed by atoms with Gasteiger partial charge in [0.2, 0.25) is 0 Å². The topological polar surface area (TPSA) is 81.1 Å². The Morgan fingerprint density at radius 2 is 1.57 bits per heavy atom. The van der Waals surface area contributed by atoms with E-state index in [1.807, 2.05) is 24.3 Å². The lowest BCUT2D eigenvalue weighted by molar-refractivity contribution is -0.159. The third kappa shape index (κ3) is 6.37. The predicted molar refractivity (Wildman–Crippen MR) is 106 cm³/mol. The fraction of sp³-hybridized carbons (Fsp3) is 0.263. The van der Waals surface area contributed by atoms with E-state index in [-0.39, 0.29) is 5.82 Å². The van der Waals surface area contributed by atoms with Gasteiger partial charge in [-0.1, -0.05) is 41.4 Å². The summed E-state index contributed by atoms with van der Waals surface area (Å²) in [6.45, 7) is 4.18. The highest BCUT2D eigenvalue weighted by molar-refractivity contribution is 6.35. The van der Waals surface area contributed by atoms with Gasteiger partial charge in [-0.15, -0.1) is 0 Å². The van der Waals surface area contributed by atoms with Crippen LogP contribution in [0.3, 0.4) is 0 Å². The monoisotopic (exact) mass is 428 g/mol. The summed E-state index contributed by atoms with van der Waals surface area (Å²) in [6, 6.07) is 12.5. The minimum atomic E-state index is -1.82. The number of carboxylic acids is 2. The number of carboxylic acid groups (broad SMARTS) is 2. The van der Waals surface area contributed by atoms with Gasteiger partial charge >= 0.3 is 11.9 Å². The predicted octanol–water partition coefficient (Wildman–Crippen LogP) is 3.61. The van der Waals surface area contributed by atoms with Crippen molar-refractivity contribution in [2.45, 2.75) is 6.54 Å². The van der Waals surface area contributed by atoms with Crippen LogP contribution in [0.4, 0.5) is 10.1 Å². The number of para-hydroxylation sites is 1. The van der Waals surface area contributed by atoms with Crippen molar-refractivity contribution < 1.29 is 24.2 Å². The molecule has 0 atom stereocenters. The Hall–Kier alpha value is -2.35. The number of hydrogen-bond acceptors (Lipinski definition) is 4. The van der Waals surface area contributed by atoms with Crippen molar-refractivity contribution in [2.75, 3.05) is 31.1 Å². The fourth-order valence-corrected chi connectivity index (χ4v) is 3.21. The van der Waals surface area contributed by atoms with Crippen LogP contribution >= 0.6 is 23.2 Å². The summed E-state index contributed by atoms with van der Waals surface area (Å²) >= 11 is 12.1. The van der Waals surface area contributed by atoms with E-state index in [0.717, 1.165) is 38.3 Å². The first-order chi connectivity index (χ1) is 13.3. The van der Waals surface area contributed by atoms with Crippen LogP contribution in [0.15, 0.2) is 42.5 Å². The van der Waals surface area contributed by atoms with Gasteiger partial charge in [-0.25, -0.2) is 14.0 Å².